The van der Waals surface area contributed by atoms with Crippen LogP contribution in [0.25, 0.3) is 0 Å². The molecule has 2 aliphatic carbocycles. The Balaban J connectivity index is 2.09. The van der Waals surface area contributed by atoms with E-state index >= 15 is 0 Å². The first-order valence-electron chi connectivity index (χ1n) is 12.4. The van der Waals surface area contributed by atoms with Crippen LogP contribution in [0.15, 0.2) is 12.2 Å². The first-order valence-corrected chi connectivity index (χ1v) is 12.4. The molecule has 2 atom stereocenters. The number of hydrogen-bond donors (Lipinski definition) is 0. The molecule has 0 aromatic carbocycles. The fraction of sp³-hybridized carbons (Fsp3) is 0.833. The van der Waals surface area contributed by atoms with Gasteiger partial charge in [0, 0.05) is 12.2 Å². The Bertz CT molecular complexity index is 744. The minimum atomic E-state index is -5.88. The number of carbonyl (C=O) groups excluding carboxylic acids is 2. The SMILES string of the molecule is O=C(/C=C/C(=O)OC(CC(F)(F)C(F)(F)F)C1CCCCC1)OC(CC(F)(F)C(F)(F)F)C1CCCCC1. The first-order chi connectivity index (χ1) is 17.4. The highest BCUT2D eigenvalue weighted by Gasteiger charge is 2.60. The van der Waals surface area contributed by atoms with Crippen LogP contribution in [0.4, 0.5) is 43.9 Å². The molecule has 0 heterocycles. The van der Waals surface area contributed by atoms with Crippen LogP contribution in [0.2, 0.25) is 0 Å². The van der Waals surface area contributed by atoms with Crippen LogP contribution < -0.4 is 0 Å². The number of rotatable bonds is 10. The second kappa shape index (κ2) is 12.9. The zero-order valence-electron chi connectivity index (χ0n) is 20.4. The van der Waals surface area contributed by atoms with Gasteiger partial charge in [-0.25, -0.2) is 9.59 Å². The molecule has 0 aromatic rings. The molecule has 0 radical (unpaired) electrons. The maximum Gasteiger partial charge on any atom is 0.453 e. The summed E-state index contributed by atoms with van der Waals surface area (Å²) in [6, 6.07) is 0. The van der Waals surface area contributed by atoms with E-state index in [1.807, 2.05) is 0 Å². The maximum absolute atomic E-state index is 13.7. The molecule has 2 unspecified atom stereocenters. The van der Waals surface area contributed by atoms with Gasteiger partial charge in [0.1, 0.15) is 12.2 Å². The van der Waals surface area contributed by atoms with Crippen LogP contribution in [0.1, 0.15) is 77.0 Å². The van der Waals surface area contributed by atoms with Crippen LogP contribution in [0.3, 0.4) is 0 Å². The molecule has 2 rings (SSSR count). The molecule has 0 aromatic heterocycles. The van der Waals surface area contributed by atoms with Crippen molar-refractivity contribution in [2.45, 2.75) is 113 Å². The number of carbonyl (C=O) groups is 2. The van der Waals surface area contributed by atoms with Gasteiger partial charge in [0.25, 0.3) is 0 Å². The molecule has 220 valence electrons. The highest BCUT2D eigenvalue weighted by Crippen LogP contribution is 2.43. The Kier molecular flexibility index (Phi) is 10.9. The van der Waals surface area contributed by atoms with E-state index < -0.39 is 73.0 Å². The molecule has 0 N–H and O–H groups in total. The average Bonchev–Trinajstić information content (AvgIpc) is 2.81. The molecule has 38 heavy (non-hydrogen) atoms. The van der Waals surface area contributed by atoms with Crippen molar-refractivity contribution in [3.05, 3.63) is 12.2 Å². The Labute approximate surface area is 213 Å². The highest BCUT2D eigenvalue weighted by atomic mass is 19.4. The summed E-state index contributed by atoms with van der Waals surface area (Å²) in [5.74, 6) is -14.7. The molecule has 0 spiro atoms. The van der Waals surface area contributed by atoms with Crippen molar-refractivity contribution >= 4 is 11.9 Å². The van der Waals surface area contributed by atoms with E-state index in [9.17, 15) is 53.5 Å². The van der Waals surface area contributed by atoms with Crippen molar-refractivity contribution in [3.8, 4) is 0 Å². The van der Waals surface area contributed by atoms with Gasteiger partial charge in [0.15, 0.2) is 0 Å². The Hall–Kier alpha value is -2.02. The Morgan fingerprint density at radius 2 is 0.868 bits per heavy atom. The number of halogens is 10. The highest BCUT2D eigenvalue weighted by molar-refractivity contribution is 5.91. The zero-order chi connectivity index (χ0) is 28.8. The van der Waals surface area contributed by atoms with Gasteiger partial charge in [0.05, 0.1) is 12.8 Å². The standard InChI is InChI=1S/C24H30F10O4/c25-21(26,23(29,30)31)13-17(15-7-3-1-4-8-15)37-19(35)11-12-20(36)38-18(16-9-5-2-6-10-16)14-22(27,28)24(32,33)34/h11-12,15-18H,1-10,13-14H2/b12-11+. The molecule has 14 heteroatoms. The number of ether oxygens (including phenoxy) is 2. The lowest BCUT2D eigenvalue weighted by Gasteiger charge is -2.32. The molecule has 2 aliphatic rings. The van der Waals surface area contributed by atoms with E-state index in [0.717, 1.165) is 12.8 Å². The molecule has 2 fully saturated rings. The summed E-state index contributed by atoms with van der Waals surface area (Å²) in [5.41, 5.74) is 0. The van der Waals surface area contributed by atoms with Crippen LogP contribution >= 0.6 is 0 Å². The molecular weight excluding hydrogens is 542 g/mol. The lowest BCUT2D eigenvalue weighted by Crippen LogP contribution is -2.43. The van der Waals surface area contributed by atoms with E-state index in [0.29, 0.717) is 37.8 Å². The number of esters is 2. The van der Waals surface area contributed by atoms with Crippen molar-refractivity contribution in [1.29, 1.82) is 0 Å². The number of hydrogen-bond acceptors (Lipinski definition) is 4. The summed E-state index contributed by atoms with van der Waals surface area (Å²) in [4.78, 5) is 24.3. The van der Waals surface area contributed by atoms with Crippen molar-refractivity contribution < 1.29 is 63.0 Å². The van der Waals surface area contributed by atoms with Gasteiger partial charge in [0.2, 0.25) is 0 Å². The van der Waals surface area contributed by atoms with Crippen molar-refractivity contribution in [1.82, 2.24) is 0 Å². The third-order valence-corrected chi connectivity index (χ3v) is 6.99. The number of alkyl halides is 10. The molecule has 0 amide bonds. The molecular formula is C24H30F10O4. The van der Waals surface area contributed by atoms with E-state index in [4.69, 9.17) is 9.47 Å². The smallest absolute Gasteiger partial charge is 0.453 e. The van der Waals surface area contributed by atoms with E-state index in [1.165, 1.54) is 0 Å². The van der Waals surface area contributed by atoms with Gasteiger partial charge in [-0.1, -0.05) is 38.5 Å². The van der Waals surface area contributed by atoms with Gasteiger partial charge < -0.3 is 9.47 Å². The summed E-state index contributed by atoms with van der Waals surface area (Å²) in [6.45, 7) is 0. The Morgan fingerprint density at radius 3 is 1.13 bits per heavy atom. The molecule has 0 bridgehead atoms. The van der Waals surface area contributed by atoms with E-state index in [-0.39, 0.29) is 25.7 Å². The predicted octanol–water partition coefficient (Wildman–Crippen LogP) is 7.70. The average molecular weight is 572 g/mol. The summed E-state index contributed by atoms with van der Waals surface area (Å²) >= 11 is 0. The van der Waals surface area contributed by atoms with Crippen molar-refractivity contribution in [3.63, 3.8) is 0 Å². The van der Waals surface area contributed by atoms with Gasteiger partial charge >= 0.3 is 36.1 Å². The van der Waals surface area contributed by atoms with Crippen LogP contribution in [0.5, 0.6) is 0 Å². The second-order valence-electron chi connectivity index (χ2n) is 9.89. The van der Waals surface area contributed by atoms with Crippen LogP contribution in [-0.4, -0.2) is 48.3 Å². The molecule has 0 saturated heterocycles. The first kappa shape index (κ1) is 32.2. The molecule has 0 aliphatic heterocycles. The minimum absolute atomic E-state index is 0.244. The molecule has 4 nitrogen and oxygen atoms in total. The quantitative estimate of drug-likeness (QED) is 0.153. The van der Waals surface area contributed by atoms with Crippen LogP contribution in [0, 0.1) is 11.8 Å². The molecule has 2 saturated carbocycles. The van der Waals surface area contributed by atoms with Gasteiger partial charge in [-0.2, -0.15) is 43.9 Å². The van der Waals surface area contributed by atoms with Gasteiger partial charge in [-0.15, -0.1) is 0 Å². The topological polar surface area (TPSA) is 52.6 Å². The normalized spacial score (nSPS) is 20.8. The van der Waals surface area contributed by atoms with E-state index in [2.05, 4.69) is 0 Å². The predicted molar refractivity (Wildman–Crippen MR) is 113 cm³/mol. The third-order valence-electron chi connectivity index (χ3n) is 6.99. The van der Waals surface area contributed by atoms with E-state index in [1.54, 1.807) is 0 Å². The fourth-order valence-electron chi connectivity index (χ4n) is 4.87. The van der Waals surface area contributed by atoms with Crippen LogP contribution in [-0.2, 0) is 19.1 Å². The zero-order valence-corrected chi connectivity index (χ0v) is 20.4. The largest absolute Gasteiger partial charge is 0.459 e. The maximum atomic E-state index is 13.7. The third kappa shape index (κ3) is 9.32. The lowest BCUT2D eigenvalue weighted by atomic mass is 9.83. The van der Waals surface area contributed by atoms with Crippen molar-refractivity contribution in [2.75, 3.05) is 0 Å². The summed E-state index contributed by atoms with van der Waals surface area (Å²) in [7, 11) is 0. The summed E-state index contributed by atoms with van der Waals surface area (Å²) in [5, 5.41) is 0. The van der Waals surface area contributed by atoms with Crippen molar-refractivity contribution in [2.24, 2.45) is 11.8 Å². The minimum Gasteiger partial charge on any atom is -0.459 e. The monoisotopic (exact) mass is 572 g/mol. The Morgan fingerprint density at radius 1 is 0.579 bits per heavy atom. The van der Waals surface area contributed by atoms with Gasteiger partial charge in [-0.3, -0.25) is 0 Å². The lowest BCUT2D eigenvalue weighted by molar-refractivity contribution is -0.292. The summed E-state index contributed by atoms with van der Waals surface area (Å²) < 4.78 is 141. The summed E-state index contributed by atoms with van der Waals surface area (Å²) in [6.07, 6.45) is -13.7. The second-order valence-corrected chi connectivity index (χ2v) is 9.89. The van der Waals surface area contributed by atoms with Gasteiger partial charge in [-0.05, 0) is 37.5 Å². The fourth-order valence-corrected chi connectivity index (χ4v) is 4.87.